The lowest BCUT2D eigenvalue weighted by Crippen LogP contribution is -2.39. The number of hydrogen-bond donors (Lipinski definition) is 0. The number of benzene rings is 1. The maximum absolute atomic E-state index is 12.3. The van der Waals surface area contributed by atoms with E-state index in [4.69, 9.17) is 11.6 Å². The summed E-state index contributed by atoms with van der Waals surface area (Å²) in [6.07, 6.45) is 2.21. The molecule has 0 atom stereocenters. The quantitative estimate of drug-likeness (QED) is 0.795. The van der Waals surface area contributed by atoms with Crippen LogP contribution in [0, 0.1) is 11.8 Å². The van der Waals surface area contributed by atoms with Crippen LogP contribution in [0.1, 0.15) is 37.0 Å². The summed E-state index contributed by atoms with van der Waals surface area (Å²) in [6.45, 7) is 6.23. The molecule has 1 saturated heterocycles. The van der Waals surface area contributed by atoms with Crippen molar-refractivity contribution in [2.24, 2.45) is 11.8 Å². The fourth-order valence-electron chi connectivity index (χ4n) is 2.57. The van der Waals surface area contributed by atoms with Crippen LogP contribution in [0.25, 0.3) is 0 Å². The van der Waals surface area contributed by atoms with Crippen LogP contribution in [-0.4, -0.2) is 23.9 Å². The Bertz CT molecular complexity index is 422. The van der Waals surface area contributed by atoms with Crippen LogP contribution >= 0.6 is 11.6 Å². The minimum atomic E-state index is 0.0720. The molecule has 1 aromatic rings. The van der Waals surface area contributed by atoms with Crippen molar-refractivity contribution in [1.82, 2.24) is 4.90 Å². The zero-order valence-corrected chi connectivity index (χ0v) is 11.8. The van der Waals surface area contributed by atoms with Crippen molar-refractivity contribution in [3.05, 3.63) is 34.9 Å². The van der Waals surface area contributed by atoms with Crippen LogP contribution in [0.4, 0.5) is 0 Å². The molecule has 0 bridgehead atoms. The maximum Gasteiger partial charge on any atom is 0.255 e. The fraction of sp³-hybridized carbons (Fsp3) is 0.533. The molecule has 1 aromatic carbocycles. The van der Waals surface area contributed by atoms with Gasteiger partial charge in [0.05, 0.1) is 10.6 Å². The van der Waals surface area contributed by atoms with E-state index in [9.17, 15) is 4.79 Å². The van der Waals surface area contributed by atoms with E-state index in [0.717, 1.165) is 31.8 Å². The normalized spacial score (nSPS) is 17.2. The van der Waals surface area contributed by atoms with Crippen molar-refractivity contribution >= 4 is 17.5 Å². The first kappa shape index (κ1) is 13.4. The van der Waals surface area contributed by atoms with Crippen LogP contribution in [0.15, 0.2) is 24.3 Å². The highest BCUT2D eigenvalue weighted by Crippen LogP contribution is 2.26. The number of amides is 1. The van der Waals surface area contributed by atoms with E-state index >= 15 is 0 Å². The number of carbonyl (C=O) groups is 1. The molecule has 3 heteroatoms. The molecule has 2 rings (SSSR count). The molecule has 0 saturated carbocycles. The van der Waals surface area contributed by atoms with E-state index in [1.807, 2.05) is 17.0 Å². The monoisotopic (exact) mass is 265 g/mol. The molecule has 0 aromatic heterocycles. The van der Waals surface area contributed by atoms with E-state index in [0.29, 0.717) is 16.5 Å². The van der Waals surface area contributed by atoms with Gasteiger partial charge in [0, 0.05) is 13.1 Å². The van der Waals surface area contributed by atoms with Crippen molar-refractivity contribution in [2.75, 3.05) is 13.1 Å². The van der Waals surface area contributed by atoms with Crippen molar-refractivity contribution in [3.8, 4) is 0 Å². The number of hydrogen-bond acceptors (Lipinski definition) is 1. The maximum atomic E-state index is 12.3. The summed E-state index contributed by atoms with van der Waals surface area (Å²) >= 11 is 6.07. The number of carbonyl (C=O) groups excluding carboxylic acids is 1. The second-order valence-electron chi connectivity index (χ2n) is 5.35. The first-order valence-corrected chi connectivity index (χ1v) is 7.01. The Labute approximate surface area is 114 Å². The molecule has 0 N–H and O–H groups in total. The average molecular weight is 266 g/mol. The van der Waals surface area contributed by atoms with Crippen molar-refractivity contribution in [2.45, 2.75) is 26.7 Å². The Hall–Kier alpha value is -1.02. The third-order valence-corrected chi connectivity index (χ3v) is 4.20. The Morgan fingerprint density at radius 3 is 2.44 bits per heavy atom. The van der Waals surface area contributed by atoms with E-state index in [1.54, 1.807) is 12.1 Å². The van der Waals surface area contributed by atoms with Crippen LogP contribution in [0.2, 0.25) is 5.02 Å². The fourth-order valence-corrected chi connectivity index (χ4v) is 2.79. The summed E-state index contributed by atoms with van der Waals surface area (Å²) in [7, 11) is 0. The van der Waals surface area contributed by atoms with Gasteiger partial charge >= 0.3 is 0 Å². The van der Waals surface area contributed by atoms with E-state index in [1.165, 1.54) is 0 Å². The Kier molecular flexibility index (Phi) is 4.28. The van der Waals surface area contributed by atoms with Crippen molar-refractivity contribution < 1.29 is 4.79 Å². The predicted octanol–water partition coefficient (Wildman–Crippen LogP) is 3.85. The van der Waals surface area contributed by atoms with Gasteiger partial charge in [-0.2, -0.15) is 0 Å². The van der Waals surface area contributed by atoms with Crippen LogP contribution in [0.3, 0.4) is 0 Å². The van der Waals surface area contributed by atoms with Crippen molar-refractivity contribution in [1.29, 1.82) is 0 Å². The zero-order chi connectivity index (χ0) is 13.1. The first-order valence-electron chi connectivity index (χ1n) is 6.63. The lowest BCUT2D eigenvalue weighted by Gasteiger charge is -2.34. The number of likely N-dealkylation sites (tertiary alicyclic amines) is 1. The summed E-state index contributed by atoms with van der Waals surface area (Å²) in [5.74, 6) is 1.53. The first-order chi connectivity index (χ1) is 8.59. The second kappa shape index (κ2) is 5.75. The average Bonchev–Trinajstić information content (AvgIpc) is 2.38. The highest BCUT2D eigenvalue weighted by Gasteiger charge is 2.25. The molecule has 2 nitrogen and oxygen atoms in total. The largest absolute Gasteiger partial charge is 0.339 e. The molecule has 0 radical (unpaired) electrons. The summed E-state index contributed by atoms with van der Waals surface area (Å²) in [5, 5.41) is 0.550. The molecular formula is C15H20ClNO. The van der Waals surface area contributed by atoms with E-state index in [2.05, 4.69) is 13.8 Å². The van der Waals surface area contributed by atoms with Gasteiger partial charge in [-0.15, -0.1) is 0 Å². The Morgan fingerprint density at radius 2 is 1.89 bits per heavy atom. The molecule has 1 aliphatic rings. The minimum Gasteiger partial charge on any atom is -0.339 e. The molecule has 1 aliphatic heterocycles. The molecule has 1 amide bonds. The topological polar surface area (TPSA) is 20.3 Å². The molecule has 1 heterocycles. The van der Waals surface area contributed by atoms with Gasteiger partial charge in [-0.3, -0.25) is 4.79 Å². The molecule has 98 valence electrons. The predicted molar refractivity (Wildman–Crippen MR) is 74.9 cm³/mol. The number of nitrogens with zero attached hydrogens (tertiary/aromatic N) is 1. The van der Waals surface area contributed by atoms with E-state index < -0.39 is 0 Å². The summed E-state index contributed by atoms with van der Waals surface area (Å²) < 4.78 is 0. The molecule has 0 spiro atoms. The standard InChI is InChI=1S/C15H20ClNO/c1-11(2)12-7-9-17(10-8-12)15(18)13-5-3-4-6-14(13)16/h3-6,11-12H,7-10H2,1-2H3. The third-order valence-electron chi connectivity index (χ3n) is 3.87. The lowest BCUT2D eigenvalue weighted by molar-refractivity contribution is 0.0668. The van der Waals surface area contributed by atoms with Gasteiger partial charge in [0.1, 0.15) is 0 Å². The second-order valence-corrected chi connectivity index (χ2v) is 5.76. The number of halogens is 1. The van der Waals surface area contributed by atoms with Gasteiger partial charge in [-0.25, -0.2) is 0 Å². The smallest absolute Gasteiger partial charge is 0.255 e. The molecule has 18 heavy (non-hydrogen) atoms. The SMILES string of the molecule is CC(C)C1CCN(C(=O)c2ccccc2Cl)CC1. The van der Waals surface area contributed by atoms with Gasteiger partial charge in [0.25, 0.3) is 5.91 Å². The third kappa shape index (κ3) is 2.86. The van der Waals surface area contributed by atoms with Gasteiger partial charge in [0.2, 0.25) is 0 Å². The summed E-state index contributed by atoms with van der Waals surface area (Å²) in [6, 6.07) is 7.29. The molecular weight excluding hydrogens is 246 g/mol. The zero-order valence-electron chi connectivity index (χ0n) is 11.0. The lowest BCUT2D eigenvalue weighted by atomic mass is 9.86. The summed E-state index contributed by atoms with van der Waals surface area (Å²) in [5.41, 5.74) is 0.627. The van der Waals surface area contributed by atoms with Gasteiger partial charge in [0.15, 0.2) is 0 Å². The Balaban J connectivity index is 2.02. The van der Waals surface area contributed by atoms with Crippen LogP contribution in [-0.2, 0) is 0 Å². The number of rotatable bonds is 2. The van der Waals surface area contributed by atoms with Gasteiger partial charge < -0.3 is 4.90 Å². The summed E-state index contributed by atoms with van der Waals surface area (Å²) in [4.78, 5) is 14.3. The van der Waals surface area contributed by atoms with Crippen LogP contribution < -0.4 is 0 Å². The van der Waals surface area contributed by atoms with Gasteiger partial charge in [-0.1, -0.05) is 37.6 Å². The van der Waals surface area contributed by atoms with Crippen LogP contribution in [0.5, 0.6) is 0 Å². The van der Waals surface area contributed by atoms with E-state index in [-0.39, 0.29) is 5.91 Å². The number of piperidine rings is 1. The molecule has 0 unspecified atom stereocenters. The molecule has 1 fully saturated rings. The van der Waals surface area contributed by atoms with Crippen molar-refractivity contribution in [3.63, 3.8) is 0 Å². The highest BCUT2D eigenvalue weighted by atomic mass is 35.5. The Morgan fingerprint density at radius 1 is 1.28 bits per heavy atom. The van der Waals surface area contributed by atoms with Gasteiger partial charge in [-0.05, 0) is 36.8 Å². The molecule has 0 aliphatic carbocycles. The highest BCUT2D eigenvalue weighted by molar-refractivity contribution is 6.33. The minimum absolute atomic E-state index is 0.0720.